The summed E-state index contributed by atoms with van der Waals surface area (Å²) < 4.78 is 4.86. The van der Waals surface area contributed by atoms with Gasteiger partial charge in [0.2, 0.25) is 0 Å². The largest absolute Gasteiger partial charge is 0.324 e. The molecule has 4 heterocycles. The molecule has 2 aromatic heterocycles. The summed E-state index contributed by atoms with van der Waals surface area (Å²) in [4.78, 5) is 15.8. The van der Waals surface area contributed by atoms with Crippen molar-refractivity contribution in [2.75, 3.05) is 0 Å². The van der Waals surface area contributed by atoms with Gasteiger partial charge in [-0.15, -0.1) is 0 Å². The molecule has 222 valence electrons. The van der Waals surface area contributed by atoms with Gasteiger partial charge in [-0.1, -0.05) is 72.8 Å². The SMILES string of the molecule is CC(C)n1c(CN2Cc3ccccc3[C@H]2[C@@H]2c3ccccc3CN2Cc2nc3ccccc3n2C(C)C)nc2ccccc21. The third-order valence-corrected chi connectivity index (χ3v) is 9.64. The molecule has 0 saturated carbocycles. The molecule has 2 aliphatic rings. The minimum atomic E-state index is 0.201. The van der Waals surface area contributed by atoms with E-state index >= 15 is 0 Å². The van der Waals surface area contributed by atoms with E-state index in [4.69, 9.17) is 9.97 Å². The molecule has 2 atom stereocenters. The Morgan fingerprint density at radius 3 is 1.36 bits per heavy atom. The highest BCUT2D eigenvalue weighted by atomic mass is 15.3. The van der Waals surface area contributed by atoms with E-state index in [1.54, 1.807) is 0 Å². The molecule has 0 spiro atoms. The summed E-state index contributed by atoms with van der Waals surface area (Å²) in [6, 6.07) is 36.3. The van der Waals surface area contributed by atoms with Crippen LogP contribution < -0.4 is 0 Å². The van der Waals surface area contributed by atoms with Crippen LogP contribution in [0.4, 0.5) is 0 Å². The Balaban J connectivity index is 1.23. The lowest BCUT2D eigenvalue weighted by Crippen LogP contribution is -2.35. The third kappa shape index (κ3) is 4.39. The Morgan fingerprint density at radius 2 is 0.932 bits per heavy atom. The van der Waals surface area contributed by atoms with Gasteiger partial charge < -0.3 is 9.13 Å². The number of nitrogens with zero attached hydrogens (tertiary/aromatic N) is 6. The van der Waals surface area contributed by atoms with Crippen LogP contribution in [0.5, 0.6) is 0 Å². The molecule has 0 radical (unpaired) electrons. The van der Waals surface area contributed by atoms with Gasteiger partial charge >= 0.3 is 0 Å². The maximum Gasteiger partial charge on any atom is 0.124 e. The zero-order valence-electron chi connectivity index (χ0n) is 26.1. The molecule has 0 saturated heterocycles. The molecular formula is C38H40N6. The Bertz CT molecular complexity index is 1840. The first-order chi connectivity index (χ1) is 21.5. The van der Waals surface area contributed by atoms with Gasteiger partial charge in [-0.05, 0) is 74.2 Å². The van der Waals surface area contributed by atoms with Gasteiger partial charge in [0.05, 0.1) is 47.2 Å². The Hall–Kier alpha value is -4.26. The maximum absolute atomic E-state index is 5.20. The maximum atomic E-state index is 5.20. The van der Waals surface area contributed by atoms with E-state index in [0.29, 0.717) is 12.1 Å². The fourth-order valence-electron chi connectivity index (χ4n) is 7.94. The minimum absolute atomic E-state index is 0.201. The van der Waals surface area contributed by atoms with E-state index in [9.17, 15) is 0 Å². The van der Waals surface area contributed by atoms with Crippen LogP contribution in [0.15, 0.2) is 97.1 Å². The fraction of sp³-hybridized carbons (Fsp3) is 0.316. The van der Waals surface area contributed by atoms with Crippen molar-refractivity contribution in [3.8, 4) is 0 Å². The first kappa shape index (κ1) is 27.3. The van der Waals surface area contributed by atoms with Crippen molar-refractivity contribution in [1.82, 2.24) is 28.9 Å². The molecule has 6 nitrogen and oxygen atoms in total. The molecule has 0 unspecified atom stereocenters. The predicted octanol–water partition coefficient (Wildman–Crippen LogP) is 8.36. The zero-order chi connectivity index (χ0) is 29.9. The van der Waals surface area contributed by atoms with Gasteiger partial charge in [-0.3, -0.25) is 9.80 Å². The lowest BCUT2D eigenvalue weighted by atomic mass is 9.92. The number of para-hydroxylation sites is 4. The van der Waals surface area contributed by atoms with E-state index in [1.165, 1.54) is 33.3 Å². The summed E-state index contributed by atoms with van der Waals surface area (Å²) in [7, 11) is 0. The van der Waals surface area contributed by atoms with Crippen molar-refractivity contribution in [3.63, 3.8) is 0 Å². The second kappa shape index (κ2) is 10.7. The minimum Gasteiger partial charge on any atom is -0.324 e. The van der Waals surface area contributed by atoms with Crippen LogP contribution in [0.25, 0.3) is 22.1 Å². The van der Waals surface area contributed by atoms with E-state index in [0.717, 1.165) is 48.9 Å². The van der Waals surface area contributed by atoms with Crippen molar-refractivity contribution in [2.24, 2.45) is 0 Å². The summed E-state index contributed by atoms with van der Waals surface area (Å²) in [6.07, 6.45) is 0. The van der Waals surface area contributed by atoms with Crippen LogP contribution in [0.2, 0.25) is 0 Å². The smallest absolute Gasteiger partial charge is 0.124 e. The number of hydrogen-bond acceptors (Lipinski definition) is 4. The monoisotopic (exact) mass is 580 g/mol. The first-order valence-corrected chi connectivity index (χ1v) is 16.0. The average Bonchev–Trinajstić information content (AvgIpc) is 3.76. The second-order valence-corrected chi connectivity index (χ2v) is 13.1. The number of imidazole rings is 2. The Kier molecular flexibility index (Phi) is 6.65. The number of aromatic nitrogens is 4. The number of fused-ring (bicyclic) bond motifs is 4. The highest BCUT2D eigenvalue weighted by Gasteiger charge is 2.44. The van der Waals surface area contributed by atoms with Crippen LogP contribution in [0.1, 0.15) is 85.8 Å². The third-order valence-electron chi connectivity index (χ3n) is 9.64. The van der Waals surface area contributed by atoms with Crippen LogP contribution in [0.3, 0.4) is 0 Å². The number of rotatable bonds is 7. The second-order valence-electron chi connectivity index (χ2n) is 13.1. The average molecular weight is 581 g/mol. The summed E-state index contributed by atoms with van der Waals surface area (Å²) in [5.74, 6) is 2.27. The standard InChI is InChI=1S/C38H40N6/c1-25(2)43-33-19-11-9-17-31(33)39-35(43)23-41-21-27-13-5-7-15-29(27)37(41)38-30-16-8-6-14-28(30)22-42(38)24-36-40-32-18-10-12-20-34(32)44(36)26(3)4/h5-20,25-26,37-38H,21-24H2,1-4H3/t37-,38-/m0/s1. The molecule has 6 aromatic rings. The van der Waals surface area contributed by atoms with Gasteiger partial charge in [0.25, 0.3) is 0 Å². The Morgan fingerprint density at radius 1 is 0.545 bits per heavy atom. The van der Waals surface area contributed by atoms with Gasteiger partial charge in [0.1, 0.15) is 11.6 Å². The first-order valence-electron chi connectivity index (χ1n) is 16.0. The van der Waals surface area contributed by atoms with Crippen LogP contribution >= 0.6 is 0 Å². The van der Waals surface area contributed by atoms with Crippen molar-refractivity contribution in [1.29, 1.82) is 0 Å². The quantitative estimate of drug-likeness (QED) is 0.190. The molecule has 6 heteroatoms. The normalized spacial score (nSPS) is 18.7. The Labute approximate surface area is 259 Å². The van der Waals surface area contributed by atoms with E-state index in [1.807, 2.05) is 0 Å². The molecule has 8 rings (SSSR count). The van der Waals surface area contributed by atoms with Crippen LogP contribution in [-0.2, 0) is 26.2 Å². The van der Waals surface area contributed by atoms with Gasteiger partial charge in [0.15, 0.2) is 0 Å². The summed E-state index contributed by atoms with van der Waals surface area (Å²) in [6.45, 7) is 12.5. The lowest BCUT2D eigenvalue weighted by molar-refractivity contribution is 0.0786. The van der Waals surface area contributed by atoms with Gasteiger partial charge in [-0.2, -0.15) is 0 Å². The molecule has 0 aliphatic carbocycles. The predicted molar refractivity (Wildman–Crippen MR) is 177 cm³/mol. The van der Waals surface area contributed by atoms with Crippen molar-refractivity contribution in [2.45, 2.75) is 78.0 Å². The molecule has 4 aromatic carbocycles. The zero-order valence-corrected chi connectivity index (χ0v) is 26.1. The molecular weight excluding hydrogens is 540 g/mol. The van der Waals surface area contributed by atoms with E-state index in [-0.39, 0.29) is 12.1 Å². The van der Waals surface area contributed by atoms with Gasteiger partial charge in [-0.25, -0.2) is 9.97 Å². The molecule has 0 N–H and O–H groups in total. The fourth-order valence-corrected chi connectivity index (χ4v) is 7.94. The summed E-state index contributed by atoms with van der Waals surface area (Å²) in [5.41, 5.74) is 10.3. The summed E-state index contributed by atoms with van der Waals surface area (Å²) in [5, 5.41) is 0. The molecule has 44 heavy (non-hydrogen) atoms. The lowest BCUT2D eigenvalue weighted by Gasteiger charge is -2.36. The van der Waals surface area contributed by atoms with Crippen molar-refractivity contribution < 1.29 is 0 Å². The number of hydrogen-bond donors (Lipinski definition) is 0. The van der Waals surface area contributed by atoms with E-state index < -0.39 is 0 Å². The van der Waals surface area contributed by atoms with Gasteiger partial charge in [0, 0.05) is 25.2 Å². The van der Waals surface area contributed by atoms with Crippen molar-refractivity contribution in [3.05, 3.63) is 131 Å². The number of benzene rings is 4. The van der Waals surface area contributed by atoms with Crippen LogP contribution in [0, 0.1) is 0 Å². The van der Waals surface area contributed by atoms with E-state index in [2.05, 4.69) is 144 Å². The molecule has 2 aliphatic heterocycles. The highest BCUT2D eigenvalue weighted by molar-refractivity contribution is 5.76. The molecule has 0 fully saturated rings. The molecule has 0 amide bonds. The summed E-state index contributed by atoms with van der Waals surface area (Å²) >= 11 is 0. The highest BCUT2D eigenvalue weighted by Crippen LogP contribution is 2.50. The van der Waals surface area contributed by atoms with Crippen LogP contribution in [-0.4, -0.2) is 28.9 Å². The van der Waals surface area contributed by atoms with Crippen molar-refractivity contribution >= 4 is 22.1 Å². The molecule has 0 bridgehead atoms. The topological polar surface area (TPSA) is 42.1 Å².